The first kappa shape index (κ1) is 20.0. The van der Waals surface area contributed by atoms with E-state index in [0.717, 1.165) is 24.3 Å². The molecular formula is C20H6F8N4. The van der Waals surface area contributed by atoms with Crippen molar-refractivity contribution in [1.29, 1.82) is 0 Å². The Balaban J connectivity index is 2.08. The molecule has 3 aromatic rings. The smallest absolute Gasteiger partial charge is 0.190 e. The Hall–Kier alpha value is -3.96. The molecule has 0 aliphatic carbocycles. The van der Waals surface area contributed by atoms with Gasteiger partial charge in [0.05, 0.1) is 5.52 Å². The summed E-state index contributed by atoms with van der Waals surface area (Å²) < 4.78 is 117. The van der Waals surface area contributed by atoms with Gasteiger partial charge in [-0.1, -0.05) is 4.48 Å². The van der Waals surface area contributed by atoms with E-state index >= 15 is 0 Å². The Labute approximate surface area is 171 Å². The highest BCUT2D eigenvalue weighted by Gasteiger charge is 2.26. The standard InChI is InChI=1S/C20H6F8N4/c21-6-5-11-13(23)9-2-1-7(29-9)12(22)8-3-4-10(30-8)14(24)19-15(25)16(26)20(32(19)28)17(27)18(6)31-11/h1-5,31H. The molecule has 5 heterocycles. The lowest BCUT2D eigenvalue weighted by molar-refractivity contribution is 0.388. The topological polar surface area (TPSA) is 46.5 Å². The van der Waals surface area contributed by atoms with Crippen molar-refractivity contribution >= 4 is 46.4 Å². The first-order valence-electron chi connectivity index (χ1n) is 8.73. The van der Waals surface area contributed by atoms with Crippen LogP contribution in [-0.4, -0.2) is 19.7 Å². The number of rotatable bonds is 0. The van der Waals surface area contributed by atoms with Gasteiger partial charge in [-0.05, 0) is 24.3 Å². The highest BCUT2D eigenvalue weighted by atomic mass is 19.2. The second-order valence-corrected chi connectivity index (χ2v) is 6.70. The van der Waals surface area contributed by atoms with E-state index in [1.165, 1.54) is 0 Å². The number of H-pyrrole nitrogens is 1. The Morgan fingerprint density at radius 3 is 1.62 bits per heavy atom. The summed E-state index contributed by atoms with van der Waals surface area (Å²) in [6.45, 7) is 0. The number of nitrogens with one attached hydrogen (secondary N) is 1. The van der Waals surface area contributed by atoms with Crippen LogP contribution in [0.1, 0.15) is 22.8 Å². The largest absolute Gasteiger partial charge is 0.348 e. The van der Waals surface area contributed by atoms with E-state index in [0.29, 0.717) is 6.07 Å². The van der Waals surface area contributed by atoms with Gasteiger partial charge in [0.1, 0.15) is 28.3 Å². The van der Waals surface area contributed by atoms with Gasteiger partial charge in [-0.3, -0.25) is 0 Å². The summed E-state index contributed by atoms with van der Waals surface area (Å²) >= 11 is 0. The molecule has 1 N–H and O–H groups in total. The van der Waals surface area contributed by atoms with Gasteiger partial charge in [0.25, 0.3) is 0 Å². The summed E-state index contributed by atoms with van der Waals surface area (Å²) in [6, 6.07) is 0.453. The van der Waals surface area contributed by atoms with Gasteiger partial charge in [-0.15, -0.1) is 0 Å². The van der Waals surface area contributed by atoms with E-state index in [1.54, 1.807) is 0 Å². The van der Waals surface area contributed by atoms with Crippen molar-refractivity contribution in [2.75, 3.05) is 0 Å². The molecule has 0 aromatic carbocycles. The van der Waals surface area contributed by atoms with Crippen LogP contribution in [0.4, 0.5) is 35.2 Å². The second kappa shape index (κ2) is 6.77. The maximum atomic E-state index is 14.8. The van der Waals surface area contributed by atoms with Crippen molar-refractivity contribution in [2.45, 2.75) is 0 Å². The minimum Gasteiger partial charge on any atom is -0.348 e. The van der Waals surface area contributed by atoms with Gasteiger partial charge in [0.2, 0.25) is 0 Å². The second-order valence-electron chi connectivity index (χ2n) is 6.70. The van der Waals surface area contributed by atoms with Gasteiger partial charge in [0, 0.05) is 6.07 Å². The summed E-state index contributed by atoms with van der Waals surface area (Å²) in [6.07, 6.45) is 3.86. The molecule has 0 radical (unpaired) electrons. The normalized spacial score (nSPS) is 12.8. The van der Waals surface area contributed by atoms with Crippen LogP contribution < -0.4 is 0 Å². The Morgan fingerprint density at radius 1 is 0.594 bits per heavy atom. The molecule has 0 spiro atoms. The number of hydrogen-bond acceptors (Lipinski definition) is 2. The average Bonchev–Trinajstić information content (AvgIpc) is 3.53. The first-order chi connectivity index (χ1) is 15.2. The molecule has 2 aliphatic heterocycles. The highest BCUT2D eigenvalue weighted by molar-refractivity contribution is 5.79. The van der Waals surface area contributed by atoms with Crippen molar-refractivity contribution in [3.05, 3.63) is 69.6 Å². The molecule has 0 saturated carbocycles. The molecule has 5 rings (SSSR count). The van der Waals surface area contributed by atoms with Gasteiger partial charge in [-0.25, -0.2) is 40.7 Å². The zero-order chi connectivity index (χ0) is 22.9. The maximum Gasteiger partial charge on any atom is 0.190 e. The Bertz CT molecular complexity index is 1560. The molecule has 32 heavy (non-hydrogen) atoms. The first-order valence-corrected chi connectivity index (χ1v) is 8.73. The predicted octanol–water partition coefficient (Wildman–Crippen LogP) is 5.84. The van der Waals surface area contributed by atoms with Crippen molar-refractivity contribution < 1.29 is 35.2 Å². The van der Waals surface area contributed by atoms with E-state index in [2.05, 4.69) is 9.97 Å². The van der Waals surface area contributed by atoms with Gasteiger partial charge < -0.3 is 4.98 Å². The molecular weight excluding hydrogens is 448 g/mol. The van der Waals surface area contributed by atoms with E-state index in [4.69, 9.17) is 0 Å². The molecule has 3 aromatic heterocycles. The monoisotopic (exact) mass is 454 g/mol. The lowest BCUT2D eigenvalue weighted by Crippen LogP contribution is -1.92. The fourth-order valence-electron chi connectivity index (χ4n) is 3.29. The third-order valence-corrected chi connectivity index (χ3v) is 4.82. The Kier molecular flexibility index (Phi) is 4.23. The SMILES string of the molecule is Fc1c2nc(c(F)c3cc(F)c([nH]3)c(F)c3c(F)c(F)c(c(F)c4nc1C=C4)n3F)C=C2. The zero-order valence-electron chi connectivity index (χ0n) is 15.3. The summed E-state index contributed by atoms with van der Waals surface area (Å²) in [5, 5.41) is 0. The number of aromatic nitrogens is 4. The molecule has 8 bridgehead atoms. The van der Waals surface area contributed by atoms with E-state index in [1.807, 2.05) is 4.98 Å². The van der Waals surface area contributed by atoms with Gasteiger partial charge in [0.15, 0.2) is 51.8 Å². The van der Waals surface area contributed by atoms with Crippen LogP contribution in [0.2, 0.25) is 0 Å². The fraction of sp³-hybridized carbons (Fsp3) is 0. The van der Waals surface area contributed by atoms with Crippen LogP contribution in [0.5, 0.6) is 0 Å². The molecule has 162 valence electrons. The quantitative estimate of drug-likeness (QED) is 0.299. The van der Waals surface area contributed by atoms with E-state index < -0.39 is 90.4 Å². The number of hydrogen-bond donors (Lipinski definition) is 1. The van der Waals surface area contributed by atoms with Gasteiger partial charge >= 0.3 is 0 Å². The minimum atomic E-state index is -2.18. The van der Waals surface area contributed by atoms with E-state index in [9.17, 15) is 35.2 Å². The number of fused-ring (bicyclic) bond motifs is 8. The molecule has 4 nitrogen and oxygen atoms in total. The zero-order valence-corrected chi connectivity index (χ0v) is 15.3. The lowest BCUT2D eigenvalue weighted by atomic mass is 10.3. The van der Waals surface area contributed by atoms with Crippen molar-refractivity contribution in [2.24, 2.45) is 0 Å². The average molecular weight is 454 g/mol. The van der Waals surface area contributed by atoms with Crippen molar-refractivity contribution in [3.63, 3.8) is 0 Å². The summed E-state index contributed by atoms with van der Waals surface area (Å²) in [5.41, 5.74) is -7.64. The molecule has 12 heteroatoms. The maximum absolute atomic E-state index is 14.8. The van der Waals surface area contributed by atoms with Crippen LogP contribution in [0.3, 0.4) is 0 Å². The molecule has 0 fully saturated rings. The lowest BCUT2D eigenvalue weighted by Gasteiger charge is -1.95. The summed E-state index contributed by atoms with van der Waals surface area (Å²) in [7, 11) is 0. The summed E-state index contributed by atoms with van der Waals surface area (Å²) in [5.74, 6) is -12.0. The van der Waals surface area contributed by atoms with Crippen LogP contribution in [0.25, 0.3) is 46.4 Å². The van der Waals surface area contributed by atoms with Crippen LogP contribution >= 0.6 is 0 Å². The van der Waals surface area contributed by atoms with Crippen LogP contribution in [0.15, 0.2) is 6.07 Å². The van der Waals surface area contributed by atoms with Gasteiger partial charge in [-0.2, -0.15) is 4.79 Å². The fourth-order valence-corrected chi connectivity index (χ4v) is 3.29. The molecule has 2 aliphatic rings. The Morgan fingerprint density at radius 2 is 1.06 bits per heavy atom. The highest BCUT2D eigenvalue weighted by Crippen LogP contribution is 2.30. The predicted molar refractivity (Wildman–Crippen MR) is 98.7 cm³/mol. The number of aromatic amines is 1. The summed E-state index contributed by atoms with van der Waals surface area (Å²) in [4.78, 5) is 8.16. The number of halogens is 8. The minimum absolute atomic E-state index is 0.425. The molecule has 0 amide bonds. The number of nitrogens with zero attached hydrogens (tertiary/aromatic N) is 3. The van der Waals surface area contributed by atoms with E-state index in [-0.39, 0.29) is 0 Å². The van der Waals surface area contributed by atoms with Crippen LogP contribution in [0, 0.1) is 40.7 Å². The van der Waals surface area contributed by atoms with Crippen LogP contribution in [-0.2, 0) is 0 Å². The third kappa shape index (κ3) is 2.68. The third-order valence-electron chi connectivity index (χ3n) is 4.82. The molecule has 0 saturated heterocycles. The van der Waals surface area contributed by atoms with Crippen molar-refractivity contribution in [3.8, 4) is 0 Å². The molecule has 0 unspecified atom stereocenters. The molecule has 0 atom stereocenters. The van der Waals surface area contributed by atoms with Crippen molar-refractivity contribution in [1.82, 2.24) is 19.7 Å².